The predicted molar refractivity (Wildman–Crippen MR) is 35.9 cm³/mol. The van der Waals surface area contributed by atoms with Gasteiger partial charge >= 0.3 is 0 Å². The fourth-order valence-electron chi connectivity index (χ4n) is 0.276. The molecule has 0 saturated heterocycles. The first-order valence-electron chi connectivity index (χ1n) is 2.57. The number of allylic oxidation sites excluding steroid dienone is 2. The Morgan fingerprint density at radius 2 is 2.25 bits per heavy atom. The summed E-state index contributed by atoms with van der Waals surface area (Å²) in [5, 5.41) is 2.87. The first-order chi connectivity index (χ1) is 3.77. The third-order valence-corrected chi connectivity index (χ3v) is 0.574. The maximum atomic E-state index is 5.30. The van der Waals surface area contributed by atoms with Gasteiger partial charge in [-0.05, 0) is 20.0 Å². The van der Waals surface area contributed by atoms with Crippen molar-refractivity contribution in [3.8, 4) is 0 Å². The minimum Gasteiger partial charge on any atom is -0.401 e. The van der Waals surface area contributed by atoms with Crippen molar-refractivity contribution in [3.05, 3.63) is 24.2 Å². The highest BCUT2D eigenvalue weighted by molar-refractivity contribution is 4.93. The molecule has 8 heavy (non-hydrogen) atoms. The van der Waals surface area contributed by atoms with E-state index in [4.69, 9.17) is 5.73 Å². The van der Waals surface area contributed by atoms with Crippen LogP contribution in [0.5, 0.6) is 0 Å². The highest BCUT2D eigenvalue weighted by atomic mass is 14.8. The second kappa shape index (κ2) is 4.24. The first-order valence-corrected chi connectivity index (χ1v) is 2.57. The third-order valence-electron chi connectivity index (χ3n) is 0.574. The lowest BCUT2D eigenvalue weighted by Crippen LogP contribution is -1.99. The molecule has 0 bridgehead atoms. The number of hydrogen-bond acceptors (Lipinski definition) is 2. The molecule has 0 aliphatic carbocycles. The molecule has 2 heteroatoms. The van der Waals surface area contributed by atoms with Crippen molar-refractivity contribution < 1.29 is 0 Å². The summed E-state index contributed by atoms with van der Waals surface area (Å²) in [4.78, 5) is 0. The monoisotopic (exact) mass is 112 g/mol. The van der Waals surface area contributed by atoms with Crippen LogP contribution in [0.1, 0.15) is 13.8 Å². The summed E-state index contributed by atoms with van der Waals surface area (Å²) in [5.74, 6) is 0. The molecule has 0 aliphatic heterocycles. The van der Waals surface area contributed by atoms with Gasteiger partial charge in [-0.3, -0.25) is 0 Å². The summed E-state index contributed by atoms with van der Waals surface area (Å²) in [5.41, 5.74) is 6.08. The molecule has 0 heterocycles. The van der Waals surface area contributed by atoms with Crippen molar-refractivity contribution in [1.82, 2.24) is 5.32 Å². The van der Waals surface area contributed by atoms with Gasteiger partial charge < -0.3 is 11.1 Å². The molecule has 0 aromatic carbocycles. The first kappa shape index (κ1) is 7.08. The van der Waals surface area contributed by atoms with Crippen LogP contribution in [0, 0.1) is 0 Å². The van der Waals surface area contributed by atoms with E-state index in [1.807, 2.05) is 26.1 Å². The molecule has 0 radical (unpaired) electrons. The van der Waals surface area contributed by atoms with E-state index in [0.29, 0.717) is 0 Å². The van der Waals surface area contributed by atoms with Crippen LogP contribution >= 0.6 is 0 Å². The molecule has 0 aliphatic rings. The number of nitrogens with one attached hydrogen (secondary N) is 1. The molecule has 0 aromatic rings. The van der Waals surface area contributed by atoms with E-state index in [9.17, 15) is 0 Å². The standard InChI is InChI=1S/C6H12N2/c1-3-4-8-5-6(2)7/h3-5,8H,7H2,1-2H3/b4-3?,6-5-. The molecule has 0 atom stereocenters. The van der Waals surface area contributed by atoms with E-state index in [2.05, 4.69) is 5.32 Å². The molecule has 0 fully saturated rings. The van der Waals surface area contributed by atoms with Gasteiger partial charge in [0.05, 0.1) is 0 Å². The highest BCUT2D eigenvalue weighted by Gasteiger charge is 1.68. The van der Waals surface area contributed by atoms with Crippen molar-refractivity contribution >= 4 is 0 Å². The van der Waals surface area contributed by atoms with E-state index in [1.165, 1.54) is 0 Å². The van der Waals surface area contributed by atoms with Crippen LogP contribution in [0.4, 0.5) is 0 Å². The third kappa shape index (κ3) is 5.08. The van der Waals surface area contributed by atoms with E-state index >= 15 is 0 Å². The molecule has 0 amide bonds. The SMILES string of the molecule is CC=CN/C=C(/C)N. The zero-order chi connectivity index (χ0) is 6.41. The van der Waals surface area contributed by atoms with Crippen molar-refractivity contribution in [2.75, 3.05) is 0 Å². The van der Waals surface area contributed by atoms with Gasteiger partial charge in [0.25, 0.3) is 0 Å². The maximum Gasteiger partial charge on any atom is 0.0212 e. The van der Waals surface area contributed by atoms with Crippen LogP contribution in [0.15, 0.2) is 24.2 Å². The van der Waals surface area contributed by atoms with Crippen molar-refractivity contribution in [3.63, 3.8) is 0 Å². The molecular weight excluding hydrogens is 100 g/mol. The molecule has 3 N–H and O–H groups in total. The summed E-state index contributed by atoms with van der Waals surface area (Å²) in [6.07, 6.45) is 5.45. The quantitative estimate of drug-likeness (QED) is 0.557. The summed E-state index contributed by atoms with van der Waals surface area (Å²) in [7, 11) is 0. The Morgan fingerprint density at radius 3 is 2.62 bits per heavy atom. The molecule has 0 saturated carbocycles. The second-order valence-electron chi connectivity index (χ2n) is 1.56. The summed E-state index contributed by atoms with van der Waals surface area (Å²) in [6, 6.07) is 0. The van der Waals surface area contributed by atoms with Gasteiger partial charge in [0, 0.05) is 11.9 Å². The van der Waals surface area contributed by atoms with Crippen molar-refractivity contribution in [1.29, 1.82) is 0 Å². The minimum atomic E-state index is 0.781. The van der Waals surface area contributed by atoms with Crippen LogP contribution in [0.2, 0.25) is 0 Å². The molecule has 46 valence electrons. The van der Waals surface area contributed by atoms with E-state index < -0.39 is 0 Å². The number of hydrogen-bond donors (Lipinski definition) is 2. The second-order valence-corrected chi connectivity index (χ2v) is 1.56. The Labute approximate surface area is 50.1 Å². The maximum absolute atomic E-state index is 5.30. The largest absolute Gasteiger partial charge is 0.401 e. The zero-order valence-corrected chi connectivity index (χ0v) is 5.31. The van der Waals surface area contributed by atoms with E-state index in [1.54, 1.807) is 6.20 Å². The molecule has 0 rings (SSSR count). The normalized spacial score (nSPS) is 12.5. The Morgan fingerprint density at radius 1 is 1.62 bits per heavy atom. The van der Waals surface area contributed by atoms with Crippen LogP contribution in [-0.4, -0.2) is 0 Å². The fourth-order valence-corrected chi connectivity index (χ4v) is 0.276. The summed E-state index contributed by atoms with van der Waals surface area (Å²) >= 11 is 0. The lowest BCUT2D eigenvalue weighted by Gasteiger charge is -1.88. The average molecular weight is 112 g/mol. The van der Waals surface area contributed by atoms with Gasteiger partial charge in [-0.15, -0.1) is 0 Å². The van der Waals surface area contributed by atoms with Gasteiger partial charge in [0.2, 0.25) is 0 Å². The molecular formula is C6H12N2. The Bertz CT molecular complexity index is 99.1. The lowest BCUT2D eigenvalue weighted by molar-refractivity contribution is 1.12. The van der Waals surface area contributed by atoms with Gasteiger partial charge in [-0.2, -0.15) is 0 Å². The zero-order valence-electron chi connectivity index (χ0n) is 5.31. The van der Waals surface area contributed by atoms with Gasteiger partial charge in [-0.25, -0.2) is 0 Å². The topological polar surface area (TPSA) is 38.0 Å². The Hall–Kier alpha value is -0.920. The van der Waals surface area contributed by atoms with Crippen LogP contribution in [0.25, 0.3) is 0 Å². The minimum absolute atomic E-state index is 0.781. The fraction of sp³-hybridized carbons (Fsp3) is 0.333. The van der Waals surface area contributed by atoms with Gasteiger partial charge in [0.15, 0.2) is 0 Å². The summed E-state index contributed by atoms with van der Waals surface area (Å²) < 4.78 is 0. The Kier molecular flexibility index (Phi) is 3.76. The van der Waals surface area contributed by atoms with Crippen LogP contribution in [-0.2, 0) is 0 Å². The number of rotatable bonds is 2. The molecule has 2 nitrogen and oxygen atoms in total. The number of nitrogens with two attached hydrogens (primary N) is 1. The van der Waals surface area contributed by atoms with E-state index in [0.717, 1.165) is 5.70 Å². The van der Waals surface area contributed by atoms with Gasteiger partial charge in [-0.1, -0.05) is 6.08 Å². The van der Waals surface area contributed by atoms with Crippen molar-refractivity contribution in [2.45, 2.75) is 13.8 Å². The van der Waals surface area contributed by atoms with E-state index in [-0.39, 0.29) is 0 Å². The molecule has 0 aromatic heterocycles. The molecule has 0 unspecified atom stereocenters. The van der Waals surface area contributed by atoms with Gasteiger partial charge in [0.1, 0.15) is 0 Å². The highest BCUT2D eigenvalue weighted by Crippen LogP contribution is 1.73. The smallest absolute Gasteiger partial charge is 0.0212 e. The van der Waals surface area contributed by atoms with Crippen molar-refractivity contribution in [2.24, 2.45) is 5.73 Å². The average Bonchev–Trinajstić information content (AvgIpc) is 1.66. The molecule has 0 spiro atoms. The summed E-state index contributed by atoms with van der Waals surface area (Å²) in [6.45, 7) is 3.77. The van der Waals surface area contributed by atoms with Crippen LogP contribution in [0.3, 0.4) is 0 Å². The van der Waals surface area contributed by atoms with Crippen LogP contribution < -0.4 is 11.1 Å². The predicted octanol–water partition coefficient (Wildman–Crippen LogP) is 0.930. The Balaban J connectivity index is 3.30. The lowest BCUT2D eigenvalue weighted by atomic mass is 10.5.